The quantitative estimate of drug-likeness (QED) is 0.840. The minimum atomic E-state index is -1.06. The summed E-state index contributed by atoms with van der Waals surface area (Å²) in [5.74, 6) is -0.849. The van der Waals surface area contributed by atoms with Gasteiger partial charge in [-0.15, -0.1) is 0 Å². The van der Waals surface area contributed by atoms with E-state index in [1.165, 1.54) is 13.2 Å². The largest absolute Gasteiger partial charge is 0.496 e. The summed E-state index contributed by atoms with van der Waals surface area (Å²) in [6, 6.07) is 14.6. The first-order valence-electron chi connectivity index (χ1n) is 8.31. The minimum absolute atomic E-state index is 0.0206. The summed E-state index contributed by atoms with van der Waals surface area (Å²) in [6.45, 7) is 0. The molecule has 0 atom stereocenters. The molecule has 25 heavy (non-hydrogen) atoms. The summed E-state index contributed by atoms with van der Waals surface area (Å²) in [4.78, 5) is 24.0. The van der Waals surface area contributed by atoms with Crippen molar-refractivity contribution >= 4 is 17.6 Å². The van der Waals surface area contributed by atoms with Crippen LogP contribution < -0.4 is 10.1 Å². The zero-order valence-corrected chi connectivity index (χ0v) is 14.1. The fourth-order valence-electron chi connectivity index (χ4n) is 3.28. The lowest BCUT2D eigenvalue weighted by atomic mass is 9.64. The molecule has 2 N–H and O–H groups in total. The molecule has 0 aromatic heterocycles. The topological polar surface area (TPSA) is 75.6 Å². The Hall–Kier alpha value is -2.82. The van der Waals surface area contributed by atoms with Crippen molar-refractivity contribution in [3.63, 3.8) is 0 Å². The predicted molar refractivity (Wildman–Crippen MR) is 95.0 cm³/mol. The van der Waals surface area contributed by atoms with Crippen molar-refractivity contribution in [3.05, 3.63) is 59.7 Å². The number of carboxylic acids is 1. The van der Waals surface area contributed by atoms with Gasteiger partial charge in [0.1, 0.15) is 11.3 Å². The maximum atomic E-state index is 12.9. The first kappa shape index (κ1) is 17.0. The number of carbonyl (C=O) groups excluding carboxylic acids is 1. The molecule has 0 radical (unpaired) electrons. The van der Waals surface area contributed by atoms with Crippen molar-refractivity contribution < 1.29 is 19.4 Å². The number of hydrogen-bond donors (Lipinski definition) is 2. The smallest absolute Gasteiger partial charge is 0.339 e. The van der Waals surface area contributed by atoms with Crippen molar-refractivity contribution in [2.45, 2.75) is 25.7 Å². The standard InChI is InChI=1S/C20H21NO4/c1-25-17-12-15(8-9-16(17)18(22)23)21-19(24)20(10-5-11-20)13-14-6-3-2-4-7-14/h2-4,6-9,12H,5,10-11,13H2,1H3,(H,21,24)(H,22,23). The van der Waals surface area contributed by atoms with Crippen molar-refractivity contribution in [1.29, 1.82) is 0 Å². The van der Waals surface area contributed by atoms with Crippen LogP contribution in [-0.4, -0.2) is 24.1 Å². The monoisotopic (exact) mass is 339 g/mol. The number of methoxy groups -OCH3 is 1. The van der Waals surface area contributed by atoms with Crippen molar-refractivity contribution in [2.24, 2.45) is 5.41 Å². The molecule has 0 bridgehead atoms. The maximum Gasteiger partial charge on any atom is 0.339 e. The van der Waals surface area contributed by atoms with E-state index in [1.807, 2.05) is 30.3 Å². The molecule has 0 unspecified atom stereocenters. The number of nitrogens with one attached hydrogen (secondary N) is 1. The third-order valence-electron chi connectivity index (χ3n) is 4.87. The summed E-state index contributed by atoms with van der Waals surface area (Å²) < 4.78 is 5.12. The van der Waals surface area contributed by atoms with E-state index in [0.29, 0.717) is 12.1 Å². The Bertz CT molecular complexity index is 782. The molecule has 3 rings (SSSR count). The van der Waals surface area contributed by atoms with Gasteiger partial charge in [0.15, 0.2) is 0 Å². The van der Waals surface area contributed by atoms with Gasteiger partial charge in [-0.25, -0.2) is 4.79 Å². The second-order valence-electron chi connectivity index (χ2n) is 6.47. The van der Waals surface area contributed by atoms with E-state index >= 15 is 0 Å². The number of carbonyl (C=O) groups is 2. The van der Waals surface area contributed by atoms with Gasteiger partial charge in [0.05, 0.1) is 12.5 Å². The van der Waals surface area contributed by atoms with Gasteiger partial charge in [-0.2, -0.15) is 0 Å². The van der Waals surface area contributed by atoms with E-state index in [-0.39, 0.29) is 22.6 Å². The van der Waals surface area contributed by atoms with Gasteiger partial charge in [-0.1, -0.05) is 36.8 Å². The molecular formula is C20H21NO4. The molecule has 0 aliphatic heterocycles. The van der Waals surface area contributed by atoms with Crippen molar-refractivity contribution in [1.82, 2.24) is 0 Å². The Balaban J connectivity index is 1.77. The third kappa shape index (κ3) is 3.50. The van der Waals surface area contributed by atoms with E-state index in [2.05, 4.69) is 5.32 Å². The molecule has 1 fully saturated rings. The Kier molecular flexibility index (Phi) is 4.74. The first-order chi connectivity index (χ1) is 12.0. The highest BCUT2D eigenvalue weighted by Gasteiger charge is 2.44. The fourth-order valence-corrected chi connectivity index (χ4v) is 3.28. The van der Waals surface area contributed by atoms with Gasteiger partial charge in [-0.3, -0.25) is 4.79 Å². The lowest BCUT2D eigenvalue weighted by Crippen LogP contribution is -2.43. The van der Waals surface area contributed by atoms with Gasteiger partial charge < -0.3 is 15.2 Å². The minimum Gasteiger partial charge on any atom is -0.496 e. The van der Waals surface area contributed by atoms with E-state index in [4.69, 9.17) is 9.84 Å². The molecule has 1 aliphatic rings. The molecular weight excluding hydrogens is 318 g/mol. The SMILES string of the molecule is COc1cc(NC(=O)C2(Cc3ccccc3)CCC2)ccc1C(=O)O. The number of hydrogen-bond acceptors (Lipinski definition) is 3. The Labute approximate surface area is 146 Å². The number of anilines is 1. The van der Waals surface area contributed by atoms with Crippen LogP contribution in [0.3, 0.4) is 0 Å². The summed E-state index contributed by atoms with van der Waals surface area (Å²) in [7, 11) is 1.41. The average molecular weight is 339 g/mol. The number of aromatic carboxylic acids is 1. The van der Waals surface area contributed by atoms with Crippen molar-refractivity contribution in [2.75, 3.05) is 12.4 Å². The number of rotatable bonds is 6. The van der Waals surface area contributed by atoms with Gasteiger partial charge in [0.2, 0.25) is 5.91 Å². The molecule has 2 aromatic carbocycles. The molecule has 1 aliphatic carbocycles. The molecule has 2 aromatic rings. The van der Waals surface area contributed by atoms with Gasteiger partial charge in [0, 0.05) is 11.8 Å². The van der Waals surface area contributed by atoms with Crippen LogP contribution in [0.1, 0.15) is 35.2 Å². The summed E-state index contributed by atoms with van der Waals surface area (Å²) in [5.41, 5.74) is 1.38. The maximum absolute atomic E-state index is 12.9. The van der Waals surface area contributed by atoms with Gasteiger partial charge in [-0.05, 0) is 37.0 Å². The number of amides is 1. The molecule has 5 heteroatoms. The Morgan fingerprint density at radius 1 is 1.16 bits per heavy atom. The zero-order chi connectivity index (χ0) is 17.9. The van der Waals surface area contributed by atoms with E-state index < -0.39 is 5.97 Å². The number of ether oxygens (including phenoxy) is 1. The molecule has 1 saturated carbocycles. The third-order valence-corrected chi connectivity index (χ3v) is 4.87. The molecule has 130 valence electrons. The summed E-state index contributed by atoms with van der Waals surface area (Å²) in [6.07, 6.45) is 3.47. The summed E-state index contributed by atoms with van der Waals surface area (Å²) >= 11 is 0. The first-order valence-corrected chi connectivity index (χ1v) is 8.31. The summed E-state index contributed by atoms with van der Waals surface area (Å²) in [5, 5.41) is 12.1. The lowest BCUT2D eigenvalue weighted by Gasteiger charge is -2.40. The highest BCUT2D eigenvalue weighted by molar-refractivity contribution is 5.97. The lowest BCUT2D eigenvalue weighted by molar-refractivity contribution is -0.130. The normalized spacial score (nSPS) is 15.1. The number of carboxylic acid groups (broad SMARTS) is 1. The van der Waals surface area contributed by atoms with Gasteiger partial charge in [0.25, 0.3) is 0 Å². The molecule has 0 heterocycles. The molecule has 0 saturated heterocycles. The predicted octanol–water partition coefficient (Wildman–Crippen LogP) is 3.74. The number of benzene rings is 2. The molecule has 1 amide bonds. The van der Waals surface area contributed by atoms with Crippen LogP contribution in [0.4, 0.5) is 5.69 Å². The zero-order valence-electron chi connectivity index (χ0n) is 14.1. The van der Waals surface area contributed by atoms with Crippen LogP contribution in [-0.2, 0) is 11.2 Å². The van der Waals surface area contributed by atoms with Crippen LogP contribution in [0.25, 0.3) is 0 Å². The molecule has 5 nitrogen and oxygen atoms in total. The van der Waals surface area contributed by atoms with Gasteiger partial charge >= 0.3 is 5.97 Å². The molecule has 0 spiro atoms. The van der Waals surface area contributed by atoms with Crippen LogP contribution in [0, 0.1) is 5.41 Å². The van der Waals surface area contributed by atoms with E-state index in [0.717, 1.165) is 24.8 Å². The van der Waals surface area contributed by atoms with Crippen LogP contribution in [0.2, 0.25) is 0 Å². The second kappa shape index (κ2) is 6.97. The second-order valence-corrected chi connectivity index (χ2v) is 6.47. The highest BCUT2D eigenvalue weighted by Crippen LogP contribution is 2.44. The fraction of sp³-hybridized carbons (Fsp3) is 0.300. The van der Waals surface area contributed by atoms with Crippen LogP contribution >= 0.6 is 0 Å². The van der Waals surface area contributed by atoms with E-state index in [1.54, 1.807) is 12.1 Å². The Morgan fingerprint density at radius 2 is 1.88 bits per heavy atom. The highest BCUT2D eigenvalue weighted by atomic mass is 16.5. The Morgan fingerprint density at radius 3 is 2.44 bits per heavy atom. The van der Waals surface area contributed by atoms with Crippen LogP contribution in [0.15, 0.2) is 48.5 Å². The average Bonchev–Trinajstić information content (AvgIpc) is 2.58. The van der Waals surface area contributed by atoms with Crippen molar-refractivity contribution in [3.8, 4) is 5.75 Å². The van der Waals surface area contributed by atoms with Crippen LogP contribution in [0.5, 0.6) is 5.75 Å². The van der Waals surface area contributed by atoms with E-state index in [9.17, 15) is 9.59 Å².